The molecular formula is C16H17N3O6S. The van der Waals surface area contributed by atoms with Gasteiger partial charge in [-0.15, -0.1) is 0 Å². The van der Waals surface area contributed by atoms with Crippen LogP contribution in [0.25, 0.3) is 10.8 Å². The number of fused-ring (bicyclic) bond motifs is 1. The van der Waals surface area contributed by atoms with E-state index in [0.717, 1.165) is 4.68 Å². The van der Waals surface area contributed by atoms with Gasteiger partial charge in [0.2, 0.25) is 0 Å². The lowest BCUT2D eigenvalue weighted by Crippen LogP contribution is -2.38. The van der Waals surface area contributed by atoms with Gasteiger partial charge < -0.3 is 10.1 Å². The van der Waals surface area contributed by atoms with Crippen LogP contribution in [0.4, 0.5) is 0 Å². The Morgan fingerprint density at radius 3 is 2.65 bits per heavy atom. The first kappa shape index (κ1) is 18.1. The van der Waals surface area contributed by atoms with Crippen molar-refractivity contribution in [2.45, 2.75) is 12.5 Å². The van der Waals surface area contributed by atoms with E-state index < -0.39 is 34.4 Å². The molecule has 3 rings (SSSR count). The highest BCUT2D eigenvalue weighted by Gasteiger charge is 2.29. The maximum atomic E-state index is 12.3. The predicted octanol–water partition coefficient (Wildman–Crippen LogP) is -0.606. The molecule has 1 saturated heterocycles. The van der Waals surface area contributed by atoms with E-state index in [9.17, 15) is 22.8 Å². The lowest BCUT2D eigenvalue weighted by atomic mass is 10.1. The second-order valence-electron chi connectivity index (χ2n) is 6.07. The molecule has 2 aromatic rings. The van der Waals surface area contributed by atoms with Gasteiger partial charge in [0.15, 0.2) is 22.1 Å². The third-order valence-electron chi connectivity index (χ3n) is 4.08. The van der Waals surface area contributed by atoms with Gasteiger partial charge in [-0.3, -0.25) is 9.59 Å². The molecule has 2 heterocycles. The summed E-state index contributed by atoms with van der Waals surface area (Å²) in [6.45, 7) is -0.561. The fraction of sp³-hybridized carbons (Fsp3) is 0.375. The highest BCUT2D eigenvalue weighted by atomic mass is 32.2. The lowest BCUT2D eigenvalue weighted by molar-refractivity contribution is -0.124. The zero-order valence-electron chi connectivity index (χ0n) is 14.0. The minimum absolute atomic E-state index is 0.0334. The Labute approximate surface area is 148 Å². The topological polar surface area (TPSA) is 124 Å². The highest BCUT2D eigenvalue weighted by Crippen LogP contribution is 2.14. The summed E-state index contributed by atoms with van der Waals surface area (Å²) in [7, 11) is -1.70. The Morgan fingerprint density at radius 2 is 2.00 bits per heavy atom. The van der Waals surface area contributed by atoms with E-state index in [4.69, 9.17) is 4.74 Å². The fourth-order valence-corrected chi connectivity index (χ4v) is 4.50. The molecule has 138 valence electrons. The van der Waals surface area contributed by atoms with Crippen molar-refractivity contribution in [2.24, 2.45) is 7.05 Å². The maximum absolute atomic E-state index is 12.3. The van der Waals surface area contributed by atoms with Crippen molar-refractivity contribution in [3.8, 4) is 0 Å². The SMILES string of the molecule is Cn1nc(C(=O)OCC(=O)N[C@H]2CCS(=O)(=O)C2)c2ccccc2c1=O. The number of carbonyl (C=O) groups excluding carboxylic acids is 2. The van der Waals surface area contributed by atoms with Crippen molar-refractivity contribution in [1.82, 2.24) is 15.1 Å². The third-order valence-corrected chi connectivity index (χ3v) is 5.85. The van der Waals surface area contributed by atoms with Crippen molar-refractivity contribution in [3.05, 3.63) is 40.3 Å². The number of ether oxygens (including phenoxy) is 1. The van der Waals surface area contributed by atoms with Gasteiger partial charge in [-0.2, -0.15) is 5.10 Å². The predicted molar refractivity (Wildman–Crippen MR) is 92.5 cm³/mol. The van der Waals surface area contributed by atoms with E-state index in [-0.39, 0.29) is 22.8 Å². The number of rotatable bonds is 4. The van der Waals surface area contributed by atoms with E-state index in [1.54, 1.807) is 24.3 Å². The molecular weight excluding hydrogens is 362 g/mol. The molecule has 1 amide bonds. The van der Waals surface area contributed by atoms with Gasteiger partial charge in [-0.25, -0.2) is 17.9 Å². The fourth-order valence-electron chi connectivity index (χ4n) is 2.83. The zero-order chi connectivity index (χ0) is 18.9. The number of aryl methyl sites for hydroxylation is 1. The summed E-state index contributed by atoms with van der Waals surface area (Å²) in [5.41, 5.74) is -0.420. The molecule has 1 atom stereocenters. The number of hydrogen-bond donors (Lipinski definition) is 1. The molecule has 1 aromatic carbocycles. The average molecular weight is 379 g/mol. The van der Waals surface area contributed by atoms with Crippen LogP contribution in [-0.2, 0) is 26.4 Å². The minimum Gasteiger partial charge on any atom is -0.451 e. The van der Waals surface area contributed by atoms with Crippen LogP contribution in [0, 0.1) is 0 Å². The molecule has 1 aliphatic rings. The zero-order valence-corrected chi connectivity index (χ0v) is 14.8. The number of carbonyl (C=O) groups is 2. The largest absolute Gasteiger partial charge is 0.451 e. The summed E-state index contributed by atoms with van der Waals surface area (Å²) in [5.74, 6) is -1.51. The normalized spacial score (nSPS) is 18.6. The van der Waals surface area contributed by atoms with Gasteiger partial charge in [0.25, 0.3) is 11.5 Å². The Morgan fingerprint density at radius 1 is 1.31 bits per heavy atom. The number of benzene rings is 1. The Hall–Kier alpha value is -2.75. The van der Waals surface area contributed by atoms with E-state index in [1.165, 1.54) is 7.05 Å². The van der Waals surface area contributed by atoms with Gasteiger partial charge in [-0.05, 0) is 12.5 Å². The van der Waals surface area contributed by atoms with Crippen LogP contribution < -0.4 is 10.9 Å². The van der Waals surface area contributed by atoms with Crippen molar-refractivity contribution in [3.63, 3.8) is 0 Å². The first-order valence-corrected chi connectivity index (χ1v) is 9.72. The van der Waals surface area contributed by atoms with E-state index in [2.05, 4.69) is 10.4 Å². The monoisotopic (exact) mass is 379 g/mol. The first-order chi connectivity index (χ1) is 12.3. The summed E-state index contributed by atoms with van der Waals surface area (Å²) in [6, 6.07) is 6.01. The molecule has 0 bridgehead atoms. The maximum Gasteiger partial charge on any atom is 0.359 e. The van der Waals surface area contributed by atoms with Gasteiger partial charge in [-0.1, -0.05) is 18.2 Å². The Balaban J connectivity index is 1.69. The minimum atomic E-state index is -3.11. The van der Waals surface area contributed by atoms with E-state index >= 15 is 0 Å². The number of nitrogens with one attached hydrogen (secondary N) is 1. The summed E-state index contributed by atoms with van der Waals surface area (Å²) in [6.07, 6.45) is 0.342. The molecule has 0 spiro atoms. The molecule has 0 unspecified atom stereocenters. The van der Waals surface area contributed by atoms with Crippen molar-refractivity contribution in [2.75, 3.05) is 18.1 Å². The molecule has 9 nitrogen and oxygen atoms in total. The van der Waals surface area contributed by atoms with Gasteiger partial charge in [0.05, 0.1) is 16.9 Å². The standard InChI is InChI=1S/C16H17N3O6S/c1-19-15(21)12-5-3-2-4-11(12)14(18-19)16(22)25-8-13(20)17-10-6-7-26(23,24)9-10/h2-5,10H,6-9H2,1H3,(H,17,20)/t10-/m0/s1. The number of sulfone groups is 1. The van der Waals surface area contributed by atoms with Crippen LogP contribution in [-0.4, -0.2) is 54.2 Å². The van der Waals surface area contributed by atoms with Crippen LogP contribution in [0.3, 0.4) is 0 Å². The number of esters is 1. The lowest BCUT2D eigenvalue weighted by Gasteiger charge is -2.11. The molecule has 0 radical (unpaired) electrons. The molecule has 1 N–H and O–H groups in total. The number of nitrogens with zero attached hydrogens (tertiary/aromatic N) is 2. The van der Waals surface area contributed by atoms with Gasteiger partial charge >= 0.3 is 5.97 Å². The van der Waals surface area contributed by atoms with Crippen molar-refractivity contribution >= 4 is 32.5 Å². The quantitative estimate of drug-likeness (QED) is 0.703. The molecule has 1 aliphatic heterocycles. The van der Waals surface area contributed by atoms with Crippen LogP contribution in [0.2, 0.25) is 0 Å². The Bertz CT molecular complexity index is 1040. The van der Waals surface area contributed by atoms with E-state index in [0.29, 0.717) is 17.2 Å². The molecule has 1 aromatic heterocycles. The van der Waals surface area contributed by atoms with Crippen LogP contribution in [0.15, 0.2) is 29.1 Å². The summed E-state index contributed by atoms with van der Waals surface area (Å²) >= 11 is 0. The molecule has 0 aliphatic carbocycles. The third kappa shape index (κ3) is 3.74. The summed E-state index contributed by atoms with van der Waals surface area (Å²) in [4.78, 5) is 36.2. The van der Waals surface area contributed by atoms with Crippen LogP contribution >= 0.6 is 0 Å². The Kier molecular flexibility index (Phi) is 4.77. The van der Waals surface area contributed by atoms with E-state index in [1.807, 2.05) is 0 Å². The summed E-state index contributed by atoms with van der Waals surface area (Å²) in [5, 5.41) is 7.10. The smallest absolute Gasteiger partial charge is 0.359 e. The van der Waals surface area contributed by atoms with Gasteiger partial charge in [0, 0.05) is 18.5 Å². The second-order valence-corrected chi connectivity index (χ2v) is 8.30. The summed E-state index contributed by atoms with van der Waals surface area (Å²) < 4.78 is 28.8. The average Bonchev–Trinajstić information content (AvgIpc) is 2.94. The molecule has 10 heteroatoms. The second kappa shape index (κ2) is 6.87. The van der Waals surface area contributed by atoms with Gasteiger partial charge in [0.1, 0.15) is 0 Å². The van der Waals surface area contributed by atoms with Crippen molar-refractivity contribution < 1.29 is 22.7 Å². The molecule has 1 fully saturated rings. The number of amides is 1. The first-order valence-electron chi connectivity index (χ1n) is 7.90. The number of aromatic nitrogens is 2. The van der Waals surface area contributed by atoms with Crippen LogP contribution in [0.1, 0.15) is 16.9 Å². The number of hydrogen-bond acceptors (Lipinski definition) is 7. The molecule has 26 heavy (non-hydrogen) atoms. The van der Waals surface area contributed by atoms with Crippen molar-refractivity contribution in [1.29, 1.82) is 0 Å². The molecule has 0 saturated carbocycles. The van der Waals surface area contributed by atoms with Crippen LogP contribution in [0.5, 0.6) is 0 Å². The highest BCUT2D eigenvalue weighted by molar-refractivity contribution is 7.91.